The van der Waals surface area contributed by atoms with Crippen LogP contribution >= 0.6 is 11.8 Å². The van der Waals surface area contributed by atoms with E-state index in [0.717, 1.165) is 18.6 Å². The third-order valence-electron chi connectivity index (χ3n) is 2.52. The summed E-state index contributed by atoms with van der Waals surface area (Å²) in [5.74, 6) is 6.81. The standard InChI is InChI=1S/C13H14N2O2S/c16-8-2-5-10-4-1-7-12(14-10)15-13(17)11-6-3-9-18-11/h1,4,7,11,16H,3,6,8-9H2,(H,14,15,17). The largest absolute Gasteiger partial charge is 0.384 e. The maximum absolute atomic E-state index is 11.9. The molecule has 1 aromatic heterocycles. The highest BCUT2D eigenvalue weighted by Crippen LogP contribution is 2.26. The van der Waals surface area contributed by atoms with Crippen LogP contribution in [0.2, 0.25) is 0 Å². The zero-order valence-corrected chi connectivity index (χ0v) is 10.7. The highest BCUT2D eigenvalue weighted by Gasteiger charge is 2.23. The first-order valence-corrected chi connectivity index (χ1v) is 6.84. The summed E-state index contributed by atoms with van der Waals surface area (Å²) < 4.78 is 0. The number of rotatable bonds is 2. The predicted molar refractivity (Wildman–Crippen MR) is 72.3 cm³/mol. The Hall–Kier alpha value is -1.51. The van der Waals surface area contributed by atoms with Gasteiger partial charge in [-0.3, -0.25) is 4.79 Å². The Bertz CT molecular complexity index is 487. The molecule has 0 saturated carbocycles. The maximum Gasteiger partial charge on any atom is 0.238 e. The fourth-order valence-corrected chi connectivity index (χ4v) is 2.86. The molecule has 0 aromatic carbocycles. The first kappa shape index (κ1) is 12.9. The van der Waals surface area contributed by atoms with Crippen molar-refractivity contribution in [3.63, 3.8) is 0 Å². The Labute approximate surface area is 110 Å². The quantitative estimate of drug-likeness (QED) is 0.788. The molecule has 2 rings (SSSR count). The maximum atomic E-state index is 11.9. The molecule has 18 heavy (non-hydrogen) atoms. The van der Waals surface area contributed by atoms with Crippen LogP contribution in [0.3, 0.4) is 0 Å². The van der Waals surface area contributed by atoms with Gasteiger partial charge in [0.15, 0.2) is 0 Å². The molecule has 1 saturated heterocycles. The van der Waals surface area contributed by atoms with E-state index in [1.165, 1.54) is 0 Å². The molecular formula is C13H14N2O2S. The van der Waals surface area contributed by atoms with Gasteiger partial charge in [-0.1, -0.05) is 12.0 Å². The van der Waals surface area contributed by atoms with Crippen LogP contribution in [0.5, 0.6) is 0 Å². The van der Waals surface area contributed by atoms with Gasteiger partial charge >= 0.3 is 0 Å². The number of nitrogens with zero attached hydrogens (tertiary/aromatic N) is 1. The van der Waals surface area contributed by atoms with Gasteiger partial charge in [-0.25, -0.2) is 4.98 Å². The van der Waals surface area contributed by atoms with Crippen molar-refractivity contribution in [2.24, 2.45) is 0 Å². The third-order valence-corrected chi connectivity index (χ3v) is 3.89. The number of aliphatic hydroxyl groups excluding tert-OH is 1. The molecule has 1 fully saturated rings. The molecule has 0 bridgehead atoms. The summed E-state index contributed by atoms with van der Waals surface area (Å²) in [6.45, 7) is -0.197. The minimum Gasteiger partial charge on any atom is -0.384 e. The lowest BCUT2D eigenvalue weighted by Crippen LogP contribution is -2.23. The van der Waals surface area contributed by atoms with Gasteiger partial charge in [-0.05, 0) is 36.6 Å². The number of amides is 1. The number of aromatic nitrogens is 1. The highest BCUT2D eigenvalue weighted by molar-refractivity contribution is 8.00. The Morgan fingerprint density at radius 3 is 3.22 bits per heavy atom. The SMILES string of the molecule is O=C(Nc1cccc(C#CCO)n1)C1CCCS1. The van der Waals surface area contributed by atoms with Crippen molar-refractivity contribution in [2.75, 3.05) is 17.7 Å². The summed E-state index contributed by atoms with van der Waals surface area (Å²) >= 11 is 1.69. The van der Waals surface area contributed by atoms with E-state index >= 15 is 0 Å². The number of anilines is 1. The smallest absolute Gasteiger partial charge is 0.238 e. The van der Waals surface area contributed by atoms with Crippen LogP contribution in [0.15, 0.2) is 18.2 Å². The lowest BCUT2D eigenvalue weighted by molar-refractivity contribution is -0.115. The van der Waals surface area contributed by atoms with E-state index in [9.17, 15) is 4.79 Å². The molecule has 2 heterocycles. The molecule has 1 aliphatic heterocycles. The summed E-state index contributed by atoms with van der Waals surface area (Å²) in [5, 5.41) is 11.5. The average molecular weight is 262 g/mol. The second kappa shape index (κ2) is 6.43. The van der Waals surface area contributed by atoms with Gasteiger partial charge in [0.1, 0.15) is 18.1 Å². The molecule has 0 spiro atoms. The predicted octanol–water partition coefficient (Wildman–Crippen LogP) is 1.26. The normalized spacial score (nSPS) is 17.9. The first-order valence-electron chi connectivity index (χ1n) is 5.79. The Balaban J connectivity index is 2.02. The number of thioether (sulfide) groups is 1. The monoisotopic (exact) mass is 262 g/mol. The lowest BCUT2D eigenvalue weighted by atomic mass is 10.2. The zero-order valence-electron chi connectivity index (χ0n) is 9.85. The van der Waals surface area contributed by atoms with Crippen molar-refractivity contribution < 1.29 is 9.90 Å². The second-order valence-corrected chi connectivity index (χ2v) is 5.17. The van der Waals surface area contributed by atoms with Gasteiger partial charge in [0.05, 0.1) is 5.25 Å². The van der Waals surface area contributed by atoms with Gasteiger partial charge in [-0.15, -0.1) is 11.8 Å². The van der Waals surface area contributed by atoms with E-state index in [0.29, 0.717) is 11.5 Å². The molecular weight excluding hydrogens is 248 g/mol. The van der Waals surface area contributed by atoms with E-state index in [1.807, 2.05) is 0 Å². The van der Waals surface area contributed by atoms with Crippen molar-refractivity contribution in [3.8, 4) is 11.8 Å². The molecule has 1 atom stereocenters. The number of carbonyl (C=O) groups is 1. The molecule has 0 radical (unpaired) electrons. The van der Waals surface area contributed by atoms with E-state index in [1.54, 1.807) is 30.0 Å². The average Bonchev–Trinajstić information content (AvgIpc) is 2.91. The van der Waals surface area contributed by atoms with Crippen molar-refractivity contribution in [2.45, 2.75) is 18.1 Å². The van der Waals surface area contributed by atoms with Gasteiger partial charge in [-0.2, -0.15) is 0 Å². The van der Waals surface area contributed by atoms with Crippen LogP contribution in [0.1, 0.15) is 18.5 Å². The van der Waals surface area contributed by atoms with Gasteiger partial charge in [0.2, 0.25) is 5.91 Å². The molecule has 1 aromatic rings. The summed E-state index contributed by atoms with van der Waals surface area (Å²) in [4.78, 5) is 16.1. The molecule has 4 nitrogen and oxygen atoms in total. The summed E-state index contributed by atoms with van der Waals surface area (Å²) in [5.41, 5.74) is 0.543. The molecule has 94 valence electrons. The molecule has 5 heteroatoms. The molecule has 1 aliphatic rings. The second-order valence-electron chi connectivity index (χ2n) is 3.86. The molecule has 1 unspecified atom stereocenters. The zero-order chi connectivity index (χ0) is 12.8. The van der Waals surface area contributed by atoms with Crippen LogP contribution < -0.4 is 5.32 Å². The van der Waals surface area contributed by atoms with Gasteiger partial charge in [0.25, 0.3) is 0 Å². The van der Waals surface area contributed by atoms with Crippen LogP contribution in [0.4, 0.5) is 5.82 Å². The van der Waals surface area contributed by atoms with Crippen molar-refractivity contribution in [1.29, 1.82) is 0 Å². The number of aliphatic hydroxyl groups is 1. The van der Waals surface area contributed by atoms with Crippen LogP contribution in [-0.2, 0) is 4.79 Å². The number of pyridine rings is 1. The Morgan fingerprint density at radius 2 is 2.50 bits per heavy atom. The first-order chi connectivity index (χ1) is 8.79. The van der Waals surface area contributed by atoms with Crippen LogP contribution in [0.25, 0.3) is 0 Å². The van der Waals surface area contributed by atoms with Crippen molar-refractivity contribution >= 4 is 23.5 Å². The number of hydrogen-bond donors (Lipinski definition) is 2. The minimum absolute atomic E-state index is 0.0114. The minimum atomic E-state index is -0.197. The summed E-state index contributed by atoms with van der Waals surface area (Å²) in [6.07, 6.45) is 2.03. The number of nitrogens with one attached hydrogen (secondary N) is 1. The van der Waals surface area contributed by atoms with Crippen molar-refractivity contribution in [3.05, 3.63) is 23.9 Å². The van der Waals surface area contributed by atoms with E-state index < -0.39 is 0 Å². The summed E-state index contributed by atoms with van der Waals surface area (Å²) in [6, 6.07) is 5.26. The van der Waals surface area contributed by atoms with E-state index in [-0.39, 0.29) is 17.8 Å². The fraction of sp³-hybridized carbons (Fsp3) is 0.385. The summed E-state index contributed by atoms with van der Waals surface area (Å²) in [7, 11) is 0. The highest BCUT2D eigenvalue weighted by atomic mass is 32.2. The van der Waals surface area contributed by atoms with Gasteiger partial charge < -0.3 is 10.4 Å². The number of hydrogen-bond acceptors (Lipinski definition) is 4. The molecule has 0 aliphatic carbocycles. The fourth-order valence-electron chi connectivity index (χ4n) is 1.70. The molecule has 2 N–H and O–H groups in total. The molecule has 1 amide bonds. The lowest BCUT2D eigenvalue weighted by Gasteiger charge is -2.09. The van der Waals surface area contributed by atoms with Crippen molar-refractivity contribution in [1.82, 2.24) is 4.98 Å². The van der Waals surface area contributed by atoms with E-state index in [4.69, 9.17) is 5.11 Å². The van der Waals surface area contributed by atoms with Gasteiger partial charge in [0, 0.05) is 0 Å². The Morgan fingerprint density at radius 1 is 1.61 bits per heavy atom. The third kappa shape index (κ3) is 3.49. The van der Waals surface area contributed by atoms with Crippen LogP contribution in [-0.4, -0.2) is 33.6 Å². The Kier molecular flexibility index (Phi) is 4.62. The number of carbonyl (C=O) groups excluding carboxylic acids is 1. The topological polar surface area (TPSA) is 62.2 Å². The van der Waals surface area contributed by atoms with Crippen LogP contribution in [0, 0.1) is 11.8 Å². The van der Waals surface area contributed by atoms with E-state index in [2.05, 4.69) is 22.1 Å².